The largest absolute Gasteiger partial charge is 0.344 e. The van der Waals surface area contributed by atoms with Crippen molar-refractivity contribution >= 4 is 5.91 Å². The van der Waals surface area contributed by atoms with Crippen LogP contribution in [0.3, 0.4) is 0 Å². The Balaban J connectivity index is 1.87. The number of hydrogen-bond donors (Lipinski definition) is 1. The maximum Gasteiger partial charge on any atom is 0.252 e. The van der Waals surface area contributed by atoms with Gasteiger partial charge in [0.05, 0.1) is 6.04 Å². The van der Waals surface area contributed by atoms with E-state index < -0.39 is 0 Å². The van der Waals surface area contributed by atoms with Crippen molar-refractivity contribution in [2.45, 2.75) is 31.2 Å². The molecule has 1 spiro atoms. The van der Waals surface area contributed by atoms with Crippen molar-refractivity contribution in [3.63, 3.8) is 0 Å². The molecular formula is C18H17NO. The van der Waals surface area contributed by atoms with E-state index in [-0.39, 0.29) is 17.4 Å². The van der Waals surface area contributed by atoms with Crippen LogP contribution in [0.15, 0.2) is 48.5 Å². The highest BCUT2D eigenvalue weighted by molar-refractivity contribution is 5.98. The summed E-state index contributed by atoms with van der Waals surface area (Å²) in [6, 6.07) is 16.8. The van der Waals surface area contributed by atoms with E-state index >= 15 is 0 Å². The SMILES string of the molecule is Cc1ccc2c(c1)C(=O)NC(c1ccccc1)C21CC1. The van der Waals surface area contributed by atoms with Gasteiger partial charge in [-0.3, -0.25) is 4.79 Å². The van der Waals surface area contributed by atoms with E-state index in [9.17, 15) is 4.79 Å². The molecule has 2 aromatic carbocycles. The zero-order chi connectivity index (χ0) is 13.7. The molecular weight excluding hydrogens is 246 g/mol. The first-order chi connectivity index (χ1) is 9.71. The van der Waals surface area contributed by atoms with Crippen molar-refractivity contribution in [3.05, 3.63) is 70.8 Å². The van der Waals surface area contributed by atoms with E-state index in [0.717, 1.165) is 24.0 Å². The van der Waals surface area contributed by atoms with Crippen molar-refractivity contribution in [2.75, 3.05) is 0 Å². The van der Waals surface area contributed by atoms with Gasteiger partial charge in [0.15, 0.2) is 0 Å². The molecule has 0 aromatic heterocycles. The summed E-state index contributed by atoms with van der Waals surface area (Å²) < 4.78 is 0. The lowest BCUT2D eigenvalue weighted by molar-refractivity contribution is 0.0909. The Bertz CT molecular complexity index is 686. The molecule has 4 rings (SSSR count). The second-order valence-electron chi connectivity index (χ2n) is 6.02. The minimum Gasteiger partial charge on any atom is -0.344 e. The van der Waals surface area contributed by atoms with Crippen LogP contribution < -0.4 is 5.32 Å². The number of hydrogen-bond acceptors (Lipinski definition) is 1. The molecule has 1 aliphatic carbocycles. The van der Waals surface area contributed by atoms with Gasteiger partial charge in [0, 0.05) is 11.0 Å². The van der Waals surface area contributed by atoms with Crippen LogP contribution in [-0.2, 0) is 5.41 Å². The highest BCUT2D eigenvalue weighted by Gasteiger charge is 2.55. The van der Waals surface area contributed by atoms with Gasteiger partial charge in [-0.2, -0.15) is 0 Å². The van der Waals surface area contributed by atoms with E-state index in [1.807, 2.05) is 31.2 Å². The van der Waals surface area contributed by atoms with Gasteiger partial charge in [-0.05, 0) is 37.0 Å². The minimum atomic E-state index is 0.0649. The topological polar surface area (TPSA) is 29.1 Å². The number of fused-ring (bicyclic) bond motifs is 2. The number of nitrogens with one attached hydrogen (secondary N) is 1. The smallest absolute Gasteiger partial charge is 0.252 e. The Kier molecular flexibility index (Phi) is 2.31. The maximum atomic E-state index is 12.4. The van der Waals surface area contributed by atoms with Crippen molar-refractivity contribution in [3.8, 4) is 0 Å². The predicted molar refractivity (Wildman–Crippen MR) is 78.7 cm³/mol. The Morgan fingerprint density at radius 2 is 1.85 bits per heavy atom. The Morgan fingerprint density at radius 3 is 2.55 bits per heavy atom. The zero-order valence-corrected chi connectivity index (χ0v) is 11.5. The number of carbonyl (C=O) groups is 1. The summed E-state index contributed by atoms with van der Waals surface area (Å²) in [5.41, 5.74) is 4.59. The molecule has 2 heteroatoms. The third-order valence-corrected chi connectivity index (χ3v) is 4.71. The average Bonchev–Trinajstić information content (AvgIpc) is 3.25. The van der Waals surface area contributed by atoms with Crippen LogP contribution >= 0.6 is 0 Å². The Labute approximate surface area is 118 Å². The summed E-state index contributed by atoms with van der Waals surface area (Å²) >= 11 is 0. The fourth-order valence-electron chi connectivity index (χ4n) is 3.52. The molecule has 1 atom stereocenters. The highest BCUT2D eigenvalue weighted by atomic mass is 16.1. The summed E-state index contributed by atoms with van der Waals surface area (Å²) in [4.78, 5) is 12.4. The van der Waals surface area contributed by atoms with E-state index in [4.69, 9.17) is 0 Å². The van der Waals surface area contributed by atoms with E-state index in [1.54, 1.807) is 0 Å². The molecule has 2 aliphatic rings. The molecule has 1 fully saturated rings. The molecule has 1 amide bonds. The first-order valence-electron chi connectivity index (χ1n) is 7.18. The second kappa shape index (κ2) is 3.95. The number of benzene rings is 2. The third-order valence-electron chi connectivity index (χ3n) is 4.71. The molecule has 0 saturated heterocycles. The van der Waals surface area contributed by atoms with Gasteiger partial charge in [0.1, 0.15) is 0 Å². The molecule has 100 valence electrons. The molecule has 2 nitrogen and oxygen atoms in total. The van der Waals surface area contributed by atoms with Gasteiger partial charge in [-0.1, -0.05) is 48.0 Å². The summed E-state index contributed by atoms with van der Waals surface area (Å²) in [6.07, 6.45) is 2.31. The molecule has 1 heterocycles. The normalized spacial score (nSPS) is 22.2. The third kappa shape index (κ3) is 1.54. The van der Waals surface area contributed by atoms with Gasteiger partial charge < -0.3 is 5.32 Å². The molecule has 1 aliphatic heterocycles. The van der Waals surface area contributed by atoms with Crippen LogP contribution in [0.2, 0.25) is 0 Å². The predicted octanol–water partition coefficient (Wildman–Crippen LogP) is 3.51. The molecule has 1 N–H and O–H groups in total. The van der Waals surface area contributed by atoms with Crippen molar-refractivity contribution in [2.24, 2.45) is 0 Å². The number of aryl methyl sites for hydroxylation is 1. The van der Waals surface area contributed by atoms with Gasteiger partial charge in [-0.15, -0.1) is 0 Å². The van der Waals surface area contributed by atoms with Crippen molar-refractivity contribution in [1.29, 1.82) is 0 Å². The number of carbonyl (C=O) groups excluding carboxylic acids is 1. The quantitative estimate of drug-likeness (QED) is 0.838. The van der Waals surface area contributed by atoms with Gasteiger partial charge >= 0.3 is 0 Å². The number of rotatable bonds is 1. The van der Waals surface area contributed by atoms with Gasteiger partial charge in [0.2, 0.25) is 0 Å². The standard InChI is InChI=1S/C18H17NO/c1-12-7-8-15-14(11-12)17(20)19-16(18(15)9-10-18)13-5-3-2-4-6-13/h2-8,11,16H,9-10H2,1H3,(H,19,20). The van der Waals surface area contributed by atoms with E-state index in [1.165, 1.54) is 11.1 Å². The molecule has 1 saturated carbocycles. The molecule has 1 unspecified atom stereocenters. The van der Waals surface area contributed by atoms with Gasteiger partial charge in [0.25, 0.3) is 5.91 Å². The summed E-state index contributed by atoms with van der Waals surface area (Å²) in [7, 11) is 0. The summed E-state index contributed by atoms with van der Waals surface area (Å²) in [6.45, 7) is 2.04. The van der Waals surface area contributed by atoms with E-state index in [2.05, 4.69) is 29.6 Å². The lowest BCUT2D eigenvalue weighted by Crippen LogP contribution is -2.42. The van der Waals surface area contributed by atoms with Crippen LogP contribution in [0.1, 0.15) is 45.9 Å². The lowest BCUT2D eigenvalue weighted by Gasteiger charge is -2.35. The van der Waals surface area contributed by atoms with Crippen LogP contribution in [0.25, 0.3) is 0 Å². The Hall–Kier alpha value is -2.09. The fraction of sp³-hybridized carbons (Fsp3) is 0.278. The van der Waals surface area contributed by atoms with E-state index in [0.29, 0.717) is 0 Å². The zero-order valence-electron chi connectivity index (χ0n) is 11.5. The van der Waals surface area contributed by atoms with Crippen LogP contribution in [-0.4, -0.2) is 5.91 Å². The first kappa shape index (κ1) is 11.7. The lowest BCUT2D eigenvalue weighted by atomic mass is 9.78. The Morgan fingerprint density at radius 1 is 1.10 bits per heavy atom. The highest BCUT2D eigenvalue weighted by Crippen LogP contribution is 2.59. The number of amides is 1. The van der Waals surface area contributed by atoms with Crippen LogP contribution in [0, 0.1) is 6.92 Å². The van der Waals surface area contributed by atoms with Crippen molar-refractivity contribution < 1.29 is 4.79 Å². The monoisotopic (exact) mass is 263 g/mol. The molecule has 20 heavy (non-hydrogen) atoms. The first-order valence-corrected chi connectivity index (χ1v) is 7.18. The maximum absolute atomic E-state index is 12.4. The summed E-state index contributed by atoms with van der Waals surface area (Å²) in [5, 5.41) is 3.23. The minimum absolute atomic E-state index is 0.0649. The second-order valence-corrected chi connectivity index (χ2v) is 6.02. The average molecular weight is 263 g/mol. The van der Waals surface area contributed by atoms with Crippen LogP contribution in [0.4, 0.5) is 0 Å². The summed E-state index contributed by atoms with van der Waals surface area (Å²) in [5.74, 6) is 0.0649. The van der Waals surface area contributed by atoms with Crippen molar-refractivity contribution in [1.82, 2.24) is 5.32 Å². The molecule has 0 radical (unpaired) electrons. The molecule has 0 bridgehead atoms. The van der Waals surface area contributed by atoms with Gasteiger partial charge in [-0.25, -0.2) is 0 Å². The molecule has 2 aromatic rings. The fourth-order valence-corrected chi connectivity index (χ4v) is 3.52. The van der Waals surface area contributed by atoms with Crippen LogP contribution in [0.5, 0.6) is 0 Å².